The highest BCUT2D eigenvalue weighted by atomic mass is 79.9. The topological polar surface area (TPSA) is 41.6 Å². The third kappa shape index (κ3) is 5.68. The lowest BCUT2D eigenvalue weighted by molar-refractivity contribution is -0.140. The van der Waals surface area contributed by atoms with Gasteiger partial charge in [-0.3, -0.25) is 4.79 Å². The number of carbonyl (C=O) groups excluding carboxylic acids is 1. The Hall–Kier alpha value is -0.620. The summed E-state index contributed by atoms with van der Waals surface area (Å²) in [7, 11) is 0. The number of amides is 1. The van der Waals surface area contributed by atoms with E-state index in [4.69, 9.17) is 4.74 Å². The smallest absolute Gasteiger partial charge is 0.223 e. The summed E-state index contributed by atoms with van der Waals surface area (Å²) in [4.78, 5) is 14.7. The van der Waals surface area contributed by atoms with Crippen molar-refractivity contribution in [1.82, 2.24) is 10.2 Å². The van der Waals surface area contributed by atoms with Gasteiger partial charge in [0.25, 0.3) is 0 Å². The molecule has 0 radical (unpaired) electrons. The number of morpholine rings is 1. The molecule has 25 heavy (non-hydrogen) atoms. The van der Waals surface area contributed by atoms with Crippen LogP contribution in [0.1, 0.15) is 37.9 Å². The van der Waals surface area contributed by atoms with E-state index in [1.807, 2.05) is 17.0 Å². The van der Waals surface area contributed by atoms with Crippen molar-refractivity contribution in [2.75, 3.05) is 32.8 Å². The predicted molar refractivity (Wildman–Crippen MR) is 106 cm³/mol. The van der Waals surface area contributed by atoms with Gasteiger partial charge in [-0.15, -0.1) is 12.4 Å². The molecule has 1 aromatic carbocycles. The lowest BCUT2D eigenvalue weighted by Crippen LogP contribution is -2.43. The molecule has 0 saturated carbocycles. The van der Waals surface area contributed by atoms with Gasteiger partial charge in [0.2, 0.25) is 5.91 Å². The highest BCUT2D eigenvalue weighted by Gasteiger charge is 2.28. The molecule has 2 aliphatic heterocycles. The van der Waals surface area contributed by atoms with Gasteiger partial charge in [-0.25, -0.2) is 0 Å². The van der Waals surface area contributed by atoms with E-state index in [-0.39, 0.29) is 24.4 Å². The van der Waals surface area contributed by atoms with Crippen molar-refractivity contribution in [3.63, 3.8) is 0 Å². The summed E-state index contributed by atoms with van der Waals surface area (Å²) >= 11 is 3.51. The molecule has 1 aromatic rings. The van der Waals surface area contributed by atoms with Crippen LogP contribution >= 0.6 is 28.3 Å². The lowest BCUT2D eigenvalue weighted by atomic mass is 9.84. The monoisotopic (exact) mass is 430 g/mol. The zero-order chi connectivity index (χ0) is 16.9. The van der Waals surface area contributed by atoms with Crippen molar-refractivity contribution in [2.45, 2.75) is 32.3 Å². The van der Waals surface area contributed by atoms with Crippen LogP contribution in [0.25, 0.3) is 0 Å². The Morgan fingerprint density at radius 1 is 1.40 bits per heavy atom. The maximum absolute atomic E-state index is 12.7. The van der Waals surface area contributed by atoms with E-state index in [0.717, 1.165) is 23.1 Å². The van der Waals surface area contributed by atoms with Crippen LogP contribution in [0.15, 0.2) is 28.7 Å². The molecular weight excluding hydrogens is 404 g/mol. The number of benzene rings is 1. The Labute approximate surface area is 165 Å². The molecule has 1 amide bonds. The maximum Gasteiger partial charge on any atom is 0.223 e. The van der Waals surface area contributed by atoms with Crippen molar-refractivity contribution >= 4 is 34.2 Å². The fourth-order valence-corrected chi connectivity index (χ4v) is 4.19. The van der Waals surface area contributed by atoms with Gasteiger partial charge in [0, 0.05) is 17.4 Å². The van der Waals surface area contributed by atoms with Crippen LogP contribution in [-0.4, -0.2) is 43.6 Å². The van der Waals surface area contributed by atoms with E-state index in [9.17, 15) is 4.79 Å². The highest BCUT2D eigenvalue weighted by Crippen LogP contribution is 2.28. The van der Waals surface area contributed by atoms with Crippen molar-refractivity contribution in [2.24, 2.45) is 11.8 Å². The first-order valence-corrected chi connectivity index (χ1v) is 9.78. The number of halogens is 2. The molecular formula is C19H28BrClN2O2. The van der Waals surface area contributed by atoms with E-state index in [1.54, 1.807) is 0 Å². The van der Waals surface area contributed by atoms with E-state index < -0.39 is 0 Å². The molecule has 0 spiro atoms. The van der Waals surface area contributed by atoms with Crippen LogP contribution in [0.3, 0.4) is 0 Å². The molecule has 6 heteroatoms. The fourth-order valence-electron chi connectivity index (χ4n) is 3.77. The lowest BCUT2D eigenvalue weighted by Gasteiger charge is -2.35. The predicted octanol–water partition coefficient (Wildman–Crippen LogP) is 3.80. The Morgan fingerprint density at radius 2 is 2.16 bits per heavy atom. The molecule has 4 nitrogen and oxygen atoms in total. The van der Waals surface area contributed by atoms with Crippen molar-refractivity contribution < 1.29 is 9.53 Å². The van der Waals surface area contributed by atoms with Gasteiger partial charge in [0.05, 0.1) is 13.2 Å². The second-order valence-electron chi connectivity index (χ2n) is 7.02. The Kier molecular flexibility index (Phi) is 8.20. The molecule has 140 valence electrons. The summed E-state index contributed by atoms with van der Waals surface area (Å²) in [6.07, 6.45) is 3.03. The Morgan fingerprint density at radius 3 is 2.88 bits per heavy atom. The minimum absolute atomic E-state index is 0. The van der Waals surface area contributed by atoms with E-state index in [1.165, 1.54) is 12.8 Å². The molecule has 2 atom stereocenters. The van der Waals surface area contributed by atoms with Crippen LogP contribution in [0.2, 0.25) is 0 Å². The molecule has 2 unspecified atom stereocenters. The van der Waals surface area contributed by atoms with Crippen LogP contribution in [0, 0.1) is 11.8 Å². The van der Waals surface area contributed by atoms with Gasteiger partial charge >= 0.3 is 0 Å². The number of ether oxygens (including phenoxy) is 1. The quantitative estimate of drug-likeness (QED) is 0.788. The summed E-state index contributed by atoms with van der Waals surface area (Å²) in [5, 5.41) is 3.40. The second kappa shape index (κ2) is 9.91. The first-order valence-electron chi connectivity index (χ1n) is 8.99. The molecule has 1 N–H and O–H groups in total. The molecule has 0 aliphatic carbocycles. The normalized spacial score (nSPS) is 23.0. The third-order valence-corrected chi connectivity index (χ3v) is 5.82. The standard InChI is InChI=1S/C19H27BrN2O2.ClH/c1-14(15-5-7-21-8-6-15)11-19(23)22-9-10-24-18(13-22)16-3-2-4-17(20)12-16;/h2-4,12,14-15,18,21H,5-11,13H2,1H3;1H. The minimum Gasteiger partial charge on any atom is -0.370 e. The second-order valence-corrected chi connectivity index (χ2v) is 7.94. The number of hydrogen-bond donors (Lipinski definition) is 1. The highest BCUT2D eigenvalue weighted by molar-refractivity contribution is 9.10. The average Bonchev–Trinajstić information content (AvgIpc) is 2.62. The summed E-state index contributed by atoms with van der Waals surface area (Å²) in [6.45, 7) is 6.40. The summed E-state index contributed by atoms with van der Waals surface area (Å²) in [5.74, 6) is 1.42. The van der Waals surface area contributed by atoms with E-state index in [0.29, 0.717) is 38.0 Å². The molecule has 2 saturated heterocycles. The van der Waals surface area contributed by atoms with Crippen molar-refractivity contribution in [3.8, 4) is 0 Å². The van der Waals surface area contributed by atoms with Crippen molar-refractivity contribution in [1.29, 1.82) is 0 Å². The van der Waals surface area contributed by atoms with Gasteiger partial charge in [-0.1, -0.05) is 35.0 Å². The number of rotatable bonds is 4. The van der Waals surface area contributed by atoms with Gasteiger partial charge in [-0.05, 0) is 55.5 Å². The molecule has 2 heterocycles. The molecule has 2 fully saturated rings. The summed E-state index contributed by atoms with van der Waals surface area (Å²) in [6, 6.07) is 8.18. The summed E-state index contributed by atoms with van der Waals surface area (Å²) in [5.41, 5.74) is 1.13. The number of nitrogens with one attached hydrogen (secondary N) is 1. The van der Waals surface area contributed by atoms with Crippen LogP contribution in [0.5, 0.6) is 0 Å². The van der Waals surface area contributed by atoms with Crippen LogP contribution < -0.4 is 5.32 Å². The van der Waals surface area contributed by atoms with Crippen molar-refractivity contribution in [3.05, 3.63) is 34.3 Å². The van der Waals surface area contributed by atoms with Crippen LogP contribution in [0.4, 0.5) is 0 Å². The summed E-state index contributed by atoms with van der Waals surface area (Å²) < 4.78 is 6.95. The molecule has 0 aromatic heterocycles. The average molecular weight is 432 g/mol. The van der Waals surface area contributed by atoms with E-state index >= 15 is 0 Å². The number of nitrogens with zero attached hydrogens (tertiary/aromatic N) is 1. The molecule has 2 aliphatic rings. The van der Waals surface area contributed by atoms with Gasteiger partial charge in [-0.2, -0.15) is 0 Å². The zero-order valence-corrected chi connectivity index (χ0v) is 17.2. The molecule has 0 bridgehead atoms. The SMILES string of the molecule is CC(CC(=O)N1CCOC(c2cccc(Br)c2)C1)C1CCNCC1.Cl. The Balaban J connectivity index is 0.00000225. The van der Waals surface area contributed by atoms with Crippen LogP contribution in [-0.2, 0) is 9.53 Å². The van der Waals surface area contributed by atoms with Gasteiger partial charge in [0.15, 0.2) is 0 Å². The first-order chi connectivity index (χ1) is 11.6. The minimum atomic E-state index is -0.0191. The largest absolute Gasteiger partial charge is 0.370 e. The third-order valence-electron chi connectivity index (χ3n) is 5.32. The Bertz CT molecular complexity index is 566. The molecule has 3 rings (SSSR count). The number of piperidine rings is 1. The maximum atomic E-state index is 12.7. The zero-order valence-electron chi connectivity index (χ0n) is 14.7. The van der Waals surface area contributed by atoms with Gasteiger partial charge < -0.3 is 15.0 Å². The number of hydrogen-bond acceptors (Lipinski definition) is 3. The fraction of sp³-hybridized carbons (Fsp3) is 0.632. The van der Waals surface area contributed by atoms with Gasteiger partial charge in [0.1, 0.15) is 6.10 Å². The number of carbonyl (C=O) groups is 1. The first kappa shape index (κ1) is 20.7. The van der Waals surface area contributed by atoms with E-state index in [2.05, 4.69) is 40.3 Å².